The number of thioether (sulfide) groups is 1. The molecule has 0 radical (unpaired) electrons. The summed E-state index contributed by atoms with van der Waals surface area (Å²) in [7, 11) is 1.97. The molecule has 1 aliphatic heterocycles. The van der Waals surface area contributed by atoms with Crippen LogP contribution in [0.15, 0.2) is 4.99 Å². The molecule has 24 heavy (non-hydrogen) atoms. The number of ether oxygens (including phenoxy) is 1. The fourth-order valence-corrected chi connectivity index (χ4v) is 3.54. The van der Waals surface area contributed by atoms with E-state index in [0.717, 1.165) is 49.5 Å². The van der Waals surface area contributed by atoms with Crippen LogP contribution in [0.3, 0.4) is 0 Å². The molecular formula is C16H30N6OS. The van der Waals surface area contributed by atoms with Crippen molar-refractivity contribution in [3.63, 3.8) is 0 Å². The third-order valence-corrected chi connectivity index (χ3v) is 5.24. The van der Waals surface area contributed by atoms with Crippen LogP contribution in [0.1, 0.15) is 37.8 Å². The summed E-state index contributed by atoms with van der Waals surface area (Å²) < 4.78 is 7.37. The van der Waals surface area contributed by atoms with E-state index < -0.39 is 0 Å². The van der Waals surface area contributed by atoms with Gasteiger partial charge in [-0.3, -0.25) is 0 Å². The Kier molecular flexibility index (Phi) is 8.38. The minimum atomic E-state index is 0.489. The average molecular weight is 355 g/mol. The highest BCUT2D eigenvalue weighted by atomic mass is 32.2. The molecule has 0 bridgehead atoms. The molecule has 1 aromatic rings. The molecule has 1 fully saturated rings. The minimum absolute atomic E-state index is 0.489. The number of aryl methyl sites for hydroxylation is 1. The van der Waals surface area contributed by atoms with Gasteiger partial charge in [-0.1, -0.05) is 0 Å². The summed E-state index contributed by atoms with van der Waals surface area (Å²) in [5, 5.41) is 15.2. The molecule has 0 amide bonds. The third kappa shape index (κ3) is 6.32. The van der Waals surface area contributed by atoms with Crippen molar-refractivity contribution in [2.45, 2.75) is 45.7 Å². The third-order valence-electron chi connectivity index (χ3n) is 4.02. The first-order valence-corrected chi connectivity index (χ1v) is 9.91. The number of nitrogens with one attached hydrogen (secondary N) is 2. The van der Waals surface area contributed by atoms with Crippen molar-refractivity contribution in [1.29, 1.82) is 0 Å². The van der Waals surface area contributed by atoms with Crippen LogP contribution in [-0.4, -0.2) is 58.0 Å². The van der Waals surface area contributed by atoms with Crippen molar-refractivity contribution in [3.05, 3.63) is 11.6 Å². The van der Waals surface area contributed by atoms with Crippen molar-refractivity contribution in [2.75, 3.05) is 31.3 Å². The predicted molar refractivity (Wildman–Crippen MR) is 99.5 cm³/mol. The van der Waals surface area contributed by atoms with Crippen LogP contribution in [-0.2, 0) is 18.3 Å². The van der Waals surface area contributed by atoms with E-state index in [1.165, 1.54) is 18.6 Å². The molecule has 0 aliphatic carbocycles. The van der Waals surface area contributed by atoms with Crippen LogP contribution >= 0.6 is 11.8 Å². The van der Waals surface area contributed by atoms with Crippen molar-refractivity contribution >= 4 is 17.7 Å². The molecule has 0 aromatic carbocycles. The minimum Gasteiger partial charge on any atom is -0.382 e. The second kappa shape index (κ2) is 10.6. The smallest absolute Gasteiger partial charge is 0.191 e. The Morgan fingerprint density at radius 2 is 2.33 bits per heavy atom. The summed E-state index contributed by atoms with van der Waals surface area (Å²) in [6.07, 6.45) is 3.44. The number of nitrogens with zero attached hydrogens (tertiary/aromatic N) is 4. The zero-order valence-corrected chi connectivity index (χ0v) is 15.9. The normalized spacial score (nSPS) is 18.6. The van der Waals surface area contributed by atoms with E-state index in [1.807, 2.05) is 37.2 Å². The Labute approximate surface area is 149 Å². The van der Waals surface area contributed by atoms with E-state index in [9.17, 15) is 0 Å². The quantitative estimate of drug-likeness (QED) is 0.418. The van der Waals surface area contributed by atoms with Gasteiger partial charge < -0.3 is 19.9 Å². The molecule has 8 heteroatoms. The molecule has 2 rings (SSSR count). The van der Waals surface area contributed by atoms with Crippen molar-refractivity contribution in [3.8, 4) is 0 Å². The van der Waals surface area contributed by atoms with Gasteiger partial charge in [0.05, 0.1) is 0 Å². The largest absolute Gasteiger partial charge is 0.382 e. The lowest BCUT2D eigenvalue weighted by Gasteiger charge is -2.24. The summed E-state index contributed by atoms with van der Waals surface area (Å²) >= 11 is 2.01. The summed E-state index contributed by atoms with van der Waals surface area (Å²) in [4.78, 5) is 4.70. The first-order chi connectivity index (χ1) is 11.7. The lowest BCUT2D eigenvalue weighted by Crippen LogP contribution is -2.46. The molecule has 1 aromatic heterocycles. The zero-order chi connectivity index (χ0) is 17.2. The Hall–Kier alpha value is -1.28. The fraction of sp³-hybridized carbons (Fsp3) is 0.812. The summed E-state index contributed by atoms with van der Waals surface area (Å²) in [5.74, 6) is 5.05. The van der Waals surface area contributed by atoms with Crippen LogP contribution in [0.5, 0.6) is 0 Å². The zero-order valence-electron chi connectivity index (χ0n) is 15.0. The molecule has 7 nitrogen and oxygen atoms in total. The Bertz CT molecular complexity index is 513. The number of hydrogen-bond acceptors (Lipinski definition) is 5. The van der Waals surface area contributed by atoms with E-state index in [2.05, 4.69) is 20.8 Å². The van der Waals surface area contributed by atoms with Crippen molar-refractivity contribution in [1.82, 2.24) is 25.4 Å². The van der Waals surface area contributed by atoms with Crippen LogP contribution in [0.25, 0.3) is 0 Å². The van der Waals surface area contributed by atoms with Crippen LogP contribution in [0, 0.1) is 6.92 Å². The lowest BCUT2D eigenvalue weighted by molar-refractivity contribution is 0.145. The van der Waals surface area contributed by atoms with Gasteiger partial charge in [-0.15, -0.1) is 10.2 Å². The number of hydrogen-bond donors (Lipinski definition) is 2. The summed E-state index contributed by atoms with van der Waals surface area (Å²) in [6.45, 7) is 6.89. The van der Waals surface area contributed by atoms with E-state index >= 15 is 0 Å². The average Bonchev–Trinajstić information content (AvgIpc) is 2.92. The second-order valence-corrected chi connectivity index (χ2v) is 7.07. The van der Waals surface area contributed by atoms with Gasteiger partial charge in [0.25, 0.3) is 0 Å². The highest BCUT2D eigenvalue weighted by Crippen LogP contribution is 2.16. The predicted octanol–water partition coefficient (Wildman–Crippen LogP) is 1.48. The summed E-state index contributed by atoms with van der Waals surface area (Å²) in [5.41, 5.74) is 0. The maximum absolute atomic E-state index is 5.39. The SMILES string of the molecule is CCOCCCNC(=NCc1nnc(C)n1C)NC1CCCSC1. The van der Waals surface area contributed by atoms with E-state index in [-0.39, 0.29) is 0 Å². The van der Waals surface area contributed by atoms with Gasteiger partial charge in [0.2, 0.25) is 0 Å². The molecule has 2 heterocycles. The molecular weight excluding hydrogens is 324 g/mol. The van der Waals surface area contributed by atoms with E-state index in [1.54, 1.807) is 0 Å². The van der Waals surface area contributed by atoms with Crippen LogP contribution < -0.4 is 10.6 Å². The van der Waals surface area contributed by atoms with E-state index in [0.29, 0.717) is 12.6 Å². The molecule has 2 N–H and O–H groups in total. The standard InChI is InChI=1S/C16H30N6OS/c1-4-23-9-6-8-17-16(19-14-7-5-10-24-12-14)18-11-15-21-20-13(2)22(15)3/h14H,4-12H2,1-3H3,(H2,17,18,19). The number of aromatic nitrogens is 3. The monoisotopic (exact) mass is 354 g/mol. The number of rotatable bonds is 8. The first-order valence-electron chi connectivity index (χ1n) is 8.76. The van der Waals surface area contributed by atoms with Gasteiger partial charge in [-0.2, -0.15) is 11.8 Å². The first kappa shape index (κ1) is 19.1. The highest BCUT2D eigenvalue weighted by molar-refractivity contribution is 7.99. The number of guanidine groups is 1. The van der Waals surface area contributed by atoms with Gasteiger partial charge in [0.15, 0.2) is 11.8 Å². The van der Waals surface area contributed by atoms with Gasteiger partial charge in [-0.25, -0.2) is 4.99 Å². The molecule has 0 spiro atoms. The fourth-order valence-electron chi connectivity index (χ4n) is 2.46. The molecule has 1 atom stereocenters. The van der Waals surface area contributed by atoms with Gasteiger partial charge in [-0.05, 0) is 38.9 Å². The number of aliphatic imine (C=N–C) groups is 1. The molecule has 1 aliphatic rings. The lowest BCUT2D eigenvalue weighted by atomic mass is 10.2. The van der Waals surface area contributed by atoms with Gasteiger partial charge in [0.1, 0.15) is 12.4 Å². The van der Waals surface area contributed by atoms with Crippen LogP contribution in [0.2, 0.25) is 0 Å². The highest BCUT2D eigenvalue weighted by Gasteiger charge is 2.15. The van der Waals surface area contributed by atoms with Gasteiger partial charge in [0, 0.05) is 38.6 Å². The topological polar surface area (TPSA) is 76.4 Å². The van der Waals surface area contributed by atoms with Crippen molar-refractivity contribution < 1.29 is 4.74 Å². The summed E-state index contributed by atoms with van der Waals surface area (Å²) in [6, 6.07) is 0.489. The molecule has 136 valence electrons. The van der Waals surface area contributed by atoms with Gasteiger partial charge >= 0.3 is 0 Å². The molecule has 0 saturated carbocycles. The Morgan fingerprint density at radius 1 is 1.46 bits per heavy atom. The molecule has 1 unspecified atom stereocenters. The maximum Gasteiger partial charge on any atom is 0.191 e. The van der Waals surface area contributed by atoms with E-state index in [4.69, 9.17) is 9.73 Å². The molecule has 1 saturated heterocycles. The van der Waals surface area contributed by atoms with Crippen molar-refractivity contribution in [2.24, 2.45) is 12.0 Å². The Balaban J connectivity index is 1.89. The van der Waals surface area contributed by atoms with Crippen LogP contribution in [0.4, 0.5) is 0 Å². The Morgan fingerprint density at radius 3 is 3.00 bits per heavy atom. The second-order valence-electron chi connectivity index (χ2n) is 5.92. The maximum atomic E-state index is 5.39.